The number of nitrogens with two attached hydrogens (primary N) is 1. The summed E-state index contributed by atoms with van der Waals surface area (Å²) >= 11 is 0. The van der Waals surface area contributed by atoms with E-state index in [1.165, 1.54) is 0 Å². The van der Waals surface area contributed by atoms with E-state index >= 15 is 0 Å². The second-order valence-corrected chi connectivity index (χ2v) is 4.43. The number of nitriles is 1. The molecule has 0 amide bonds. The van der Waals surface area contributed by atoms with Crippen LogP contribution in [0, 0.1) is 11.3 Å². The summed E-state index contributed by atoms with van der Waals surface area (Å²) < 4.78 is 5.34. The first-order chi connectivity index (χ1) is 7.65. The van der Waals surface area contributed by atoms with Crippen LogP contribution in [0.25, 0.3) is 0 Å². The Hall–Kier alpha value is -1.37. The predicted molar refractivity (Wildman–Crippen MR) is 61.8 cm³/mol. The van der Waals surface area contributed by atoms with Crippen molar-refractivity contribution >= 4 is 0 Å². The molecule has 0 spiro atoms. The number of hydrogen-bond donors (Lipinski definition) is 1. The molecular formula is C13H16N2O. The molecule has 1 aliphatic heterocycles. The molecular weight excluding hydrogens is 200 g/mol. The van der Waals surface area contributed by atoms with E-state index in [2.05, 4.69) is 6.07 Å². The van der Waals surface area contributed by atoms with Gasteiger partial charge in [0.05, 0.1) is 24.1 Å². The van der Waals surface area contributed by atoms with Gasteiger partial charge in [0.1, 0.15) is 0 Å². The zero-order valence-corrected chi connectivity index (χ0v) is 9.44. The predicted octanol–water partition coefficient (Wildman–Crippen LogP) is 1.89. The third-order valence-corrected chi connectivity index (χ3v) is 3.23. The highest BCUT2D eigenvalue weighted by Crippen LogP contribution is 2.28. The van der Waals surface area contributed by atoms with Crippen LogP contribution in [-0.4, -0.2) is 13.2 Å². The minimum atomic E-state index is -0.339. The van der Waals surface area contributed by atoms with Crippen molar-refractivity contribution in [3.63, 3.8) is 0 Å². The maximum absolute atomic E-state index is 8.83. The number of benzene rings is 1. The van der Waals surface area contributed by atoms with Crippen molar-refractivity contribution in [3.05, 3.63) is 35.4 Å². The molecule has 0 aliphatic carbocycles. The molecule has 0 bridgehead atoms. The zero-order valence-electron chi connectivity index (χ0n) is 9.44. The molecule has 0 radical (unpaired) electrons. The number of hydrogen-bond acceptors (Lipinski definition) is 3. The molecule has 1 saturated heterocycles. The Kier molecular flexibility index (Phi) is 2.95. The summed E-state index contributed by atoms with van der Waals surface area (Å²) in [4.78, 5) is 0. The molecule has 3 nitrogen and oxygen atoms in total. The van der Waals surface area contributed by atoms with E-state index in [0.29, 0.717) is 6.61 Å². The number of nitrogens with zero attached hydrogens (tertiary/aromatic N) is 1. The van der Waals surface area contributed by atoms with E-state index in [0.717, 1.165) is 24.2 Å². The summed E-state index contributed by atoms with van der Waals surface area (Å²) in [7, 11) is 0. The summed E-state index contributed by atoms with van der Waals surface area (Å²) in [6.07, 6.45) is 0.861. The molecule has 1 aromatic carbocycles. The van der Waals surface area contributed by atoms with E-state index in [1.54, 1.807) is 0 Å². The molecule has 1 heterocycles. The van der Waals surface area contributed by atoms with Crippen molar-refractivity contribution < 1.29 is 4.74 Å². The van der Waals surface area contributed by atoms with Crippen molar-refractivity contribution in [1.82, 2.24) is 0 Å². The first kappa shape index (κ1) is 11.1. The minimum Gasteiger partial charge on any atom is -0.379 e. The minimum absolute atomic E-state index is 0.0670. The van der Waals surface area contributed by atoms with Gasteiger partial charge in [-0.25, -0.2) is 0 Å². The fourth-order valence-electron chi connectivity index (χ4n) is 1.99. The molecule has 16 heavy (non-hydrogen) atoms. The van der Waals surface area contributed by atoms with Gasteiger partial charge in [-0.3, -0.25) is 0 Å². The average molecular weight is 216 g/mol. The van der Waals surface area contributed by atoms with Gasteiger partial charge in [-0.2, -0.15) is 5.26 Å². The van der Waals surface area contributed by atoms with E-state index in [-0.39, 0.29) is 11.5 Å². The lowest BCUT2D eigenvalue weighted by molar-refractivity contribution is 0.178. The Bertz CT molecular complexity index is 399. The van der Waals surface area contributed by atoms with E-state index in [4.69, 9.17) is 15.7 Å². The van der Waals surface area contributed by atoms with Crippen LogP contribution >= 0.6 is 0 Å². The van der Waals surface area contributed by atoms with Gasteiger partial charge >= 0.3 is 0 Å². The summed E-state index contributed by atoms with van der Waals surface area (Å²) in [5.41, 5.74) is 8.04. The molecule has 84 valence electrons. The zero-order chi connectivity index (χ0) is 11.6. The Morgan fingerprint density at radius 3 is 2.62 bits per heavy atom. The van der Waals surface area contributed by atoms with Gasteiger partial charge in [0.2, 0.25) is 0 Å². The second-order valence-electron chi connectivity index (χ2n) is 4.43. The molecule has 2 unspecified atom stereocenters. The smallest absolute Gasteiger partial charge is 0.0700 e. The lowest BCUT2D eigenvalue weighted by Crippen LogP contribution is -2.36. The molecule has 1 fully saturated rings. The number of rotatable bonds is 2. The standard InChI is InChI=1S/C13H16N2O/c1-10(8-14)11-2-4-12(5-3-11)13(15)6-7-16-9-13/h2-5,10H,6-7,9,15H2,1H3. The first-order valence-corrected chi connectivity index (χ1v) is 5.52. The van der Waals surface area contributed by atoms with E-state index < -0.39 is 0 Å². The average Bonchev–Trinajstić information content (AvgIpc) is 2.77. The normalized spacial score (nSPS) is 26.3. The van der Waals surface area contributed by atoms with Gasteiger partial charge in [0, 0.05) is 6.61 Å². The fourth-order valence-corrected chi connectivity index (χ4v) is 1.99. The highest BCUT2D eigenvalue weighted by atomic mass is 16.5. The molecule has 3 heteroatoms. The van der Waals surface area contributed by atoms with Crippen LogP contribution in [0.5, 0.6) is 0 Å². The van der Waals surface area contributed by atoms with Crippen LogP contribution in [0.3, 0.4) is 0 Å². The number of ether oxygens (including phenoxy) is 1. The van der Waals surface area contributed by atoms with Crippen LogP contribution in [0.1, 0.15) is 30.4 Å². The van der Waals surface area contributed by atoms with Crippen molar-refractivity contribution in [1.29, 1.82) is 5.26 Å². The third kappa shape index (κ3) is 1.95. The van der Waals surface area contributed by atoms with Crippen molar-refractivity contribution in [3.8, 4) is 6.07 Å². The van der Waals surface area contributed by atoms with E-state index in [1.807, 2.05) is 31.2 Å². The van der Waals surface area contributed by atoms with Crippen LogP contribution in [-0.2, 0) is 10.3 Å². The Morgan fingerprint density at radius 2 is 2.12 bits per heavy atom. The van der Waals surface area contributed by atoms with Crippen molar-refractivity contribution in [2.45, 2.75) is 24.8 Å². The van der Waals surface area contributed by atoms with Crippen LogP contribution in [0.2, 0.25) is 0 Å². The topological polar surface area (TPSA) is 59.0 Å². The van der Waals surface area contributed by atoms with Gasteiger partial charge in [0.15, 0.2) is 0 Å². The molecule has 2 N–H and O–H groups in total. The monoisotopic (exact) mass is 216 g/mol. The Balaban J connectivity index is 2.23. The quantitative estimate of drug-likeness (QED) is 0.821. The highest BCUT2D eigenvalue weighted by molar-refractivity contribution is 5.32. The summed E-state index contributed by atoms with van der Waals surface area (Å²) in [5.74, 6) is -0.0670. The molecule has 2 rings (SSSR count). The van der Waals surface area contributed by atoms with Gasteiger partial charge in [-0.15, -0.1) is 0 Å². The summed E-state index contributed by atoms with van der Waals surface area (Å²) in [6.45, 7) is 3.21. The lowest BCUT2D eigenvalue weighted by atomic mass is 9.89. The van der Waals surface area contributed by atoms with Gasteiger partial charge in [-0.05, 0) is 24.5 Å². The Labute approximate surface area is 95.8 Å². The van der Waals surface area contributed by atoms with E-state index in [9.17, 15) is 0 Å². The molecule has 1 aliphatic rings. The van der Waals surface area contributed by atoms with Crippen molar-refractivity contribution in [2.75, 3.05) is 13.2 Å². The first-order valence-electron chi connectivity index (χ1n) is 5.52. The van der Waals surface area contributed by atoms with Crippen LogP contribution in [0.15, 0.2) is 24.3 Å². The van der Waals surface area contributed by atoms with Crippen molar-refractivity contribution in [2.24, 2.45) is 5.73 Å². The van der Waals surface area contributed by atoms with Gasteiger partial charge in [0.25, 0.3) is 0 Å². The maximum Gasteiger partial charge on any atom is 0.0700 e. The largest absolute Gasteiger partial charge is 0.379 e. The van der Waals surface area contributed by atoms with Crippen LogP contribution in [0.4, 0.5) is 0 Å². The highest BCUT2D eigenvalue weighted by Gasteiger charge is 2.32. The summed E-state index contributed by atoms with van der Waals surface area (Å²) in [5, 5.41) is 8.83. The maximum atomic E-state index is 8.83. The fraction of sp³-hybridized carbons (Fsp3) is 0.462. The SMILES string of the molecule is CC(C#N)c1ccc(C2(N)CCOC2)cc1. The molecule has 0 saturated carbocycles. The lowest BCUT2D eigenvalue weighted by Gasteiger charge is -2.22. The molecule has 2 atom stereocenters. The second kappa shape index (κ2) is 4.25. The van der Waals surface area contributed by atoms with Gasteiger partial charge in [-0.1, -0.05) is 24.3 Å². The molecule has 1 aromatic rings. The summed E-state index contributed by atoms with van der Waals surface area (Å²) in [6, 6.07) is 10.2. The van der Waals surface area contributed by atoms with Gasteiger partial charge < -0.3 is 10.5 Å². The third-order valence-electron chi connectivity index (χ3n) is 3.23. The molecule has 0 aromatic heterocycles. The van der Waals surface area contributed by atoms with Crippen LogP contribution < -0.4 is 5.73 Å². The Morgan fingerprint density at radius 1 is 1.44 bits per heavy atom.